The molecule has 0 fully saturated rings. The van der Waals surface area contributed by atoms with Gasteiger partial charge in [-0.3, -0.25) is 0 Å². The first-order valence-corrected chi connectivity index (χ1v) is 6.14. The van der Waals surface area contributed by atoms with Crippen LogP contribution in [-0.4, -0.2) is 0 Å². The summed E-state index contributed by atoms with van der Waals surface area (Å²) in [7, 11) is 0. The van der Waals surface area contributed by atoms with E-state index in [4.69, 9.17) is 0 Å². The van der Waals surface area contributed by atoms with Crippen LogP contribution in [0, 0.1) is 6.07 Å². The van der Waals surface area contributed by atoms with Crippen molar-refractivity contribution in [3.05, 3.63) is 72.8 Å². The summed E-state index contributed by atoms with van der Waals surface area (Å²) in [5.74, 6) is 0. The van der Waals surface area contributed by atoms with Gasteiger partial charge >= 0.3 is 18.9 Å². The molecule has 0 aliphatic carbocycles. The van der Waals surface area contributed by atoms with Crippen molar-refractivity contribution in [3.8, 4) is 0 Å². The summed E-state index contributed by atoms with van der Waals surface area (Å²) in [6.07, 6.45) is 0. The molecule has 0 atom stereocenters. The Kier molecular flexibility index (Phi) is 3.07. The van der Waals surface area contributed by atoms with E-state index in [9.17, 15) is 0 Å². The molecule has 0 saturated heterocycles. The molecule has 0 unspecified atom stereocenters. The van der Waals surface area contributed by atoms with E-state index in [1.54, 1.807) is 0 Å². The van der Waals surface area contributed by atoms with Crippen molar-refractivity contribution in [2.24, 2.45) is 0 Å². The zero-order valence-electron chi connectivity index (χ0n) is 10.9. The molecule has 0 aliphatic rings. The molecule has 0 bridgehead atoms. The number of benzene rings is 4. The van der Waals surface area contributed by atoms with E-state index in [-0.39, 0.29) is 18.9 Å². The molecule has 0 radical (unpaired) electrons. The van der Waals surface area contributed by atoms with Crippen molar-refractivity contribution >= 4 is 32.3 Å². The first-order valence-electron chi connectivity index (χ1n) is 6.14. The van der Waals surface area contributed by atoms with Crippen LogP contribution in [-0.2, 0) is 0 Å². The van der Waals surface area contributed by atoms with Gasteiger partial charge in [-0.25, -0.2) is 0 Å². The third-order valence-corrected chi connectivity index (χ3v) is 3.52. The quantitative estimate of drug-likeness (QED) is 0.189. The summed E-state index contributed by atoms with van der Waals surface area (Å²) in [6.45, 7) is 0. The van der Waals surface area contributed by atoms with Crippen LogP contribution in [0.4, 0.5) is 0 Å². The molecule has 4 aromatic carbocycles. The summed E-state index contributed by atoms with van der Waals surface area (Å²) in [5, 5.41) is 7.60. The summed E-state index contributed by atoms with van der Waals surface area (Å²) in [6, 6.07) is 26.9. The summed E-state index contributed by atoms with van der Waals surface area (Å²) < 4.78 is 0. The van der Waals surface area contributed by atoms with Crippen molar-refractivity contribution < 1.29 is 18.9 Å². The number of hydrogen-bond acceptors (Lipinski definition) is 0. The van der Waals surface area contributed by atoms with E-state index in [2.05, 4.69) is 72.8 Å². The van der Waals surface area contributed by atoms with Gasteiger partial charge in [-0.05, 0) is 10.8 Å². The molecule has 4 aromatic rings. The standard InChI is InChI=1S/C18H11.Li/c1-2-7-15-12-18-16(11-14(15)6-1)10-9-13-5-3-4-8-17(13)18;/h1-8,10-12H;/q-1;+1. The Hall–Kier alpha value is -1.74. The Balaban J connectivity index is 0.00000110. The minimum absolute atomic E-state index is 0. The average molecular weight is 234 g/mol. The Morgan fingerprint density at radius 3 is 2.16 bits per heavy atom. The molecule has 0 saturated carbocycles. The molecular formula is C18H11Li. The Bertz CT molecular complexity index is 872. The van der Waals surface area contributed by atoms with Gasteiger partial charge in [0.15, 0.2) is 0 Å². The molecule has 0 amide bonds. The Morgan fingerprint density at radius 1 is 0.632 bits per heavy atom. The van der Waals surface area contributed by atoms with Crippen LogP contribution in [0.15, 0.2) is 66.7 Å². The van der Waals surface area contributed by atoms with Crippen molar-refractivity contribution in [2.45, 2.75) is 0 Å². The molecule has 19 heavy (non-hydrogen) atoms. The monoisotopic (exact) mass is 234 g/mol. The van der Waals surface area contributed by atoms with Crippen LogP contribution in [0.3, 0.4) is 0 Å². The number of fused-ring (bicyclic) bond motifs is 4. The van der Waals surface area contributed by atoms with E-state index >= 15 is 0 Å². The maximum atomic E-state index is 3.36. The van der Waals surface area contributed by atoms with Gasteiger partial charge in [0.1, 0.15) is 0 Å². The zero-order valence-corrected chi connectivity index (χ0v) is 10.9. The molecular weight excluding hydrogens is 223 g/mol. The second-order valence-electron chi connectivity index (χ2n) is 4.62. The fraction of sp³-hybridized carbons (Fsp3) is 0. The van der Waals surface area contributed by atoms with Crippen LogP contribution in [0.2, 0.25) is 0 Å². The van der Waals surface area contributed by atoms with Crippen molar-refractivity contribution in [2.75, 3.05) is 0 Å². The van der Waals surface area contributed by atoms with Gasteiger partial charge in [-0.1, -0.05) is 59.3 Å². The third kappa shape index (κ3) is 1.94. The topological polar surface area (TPSA) is 0 Å². The molecule has 4 rings (SSSR count). The largest absolute Gasteiger partial charge is 1.00 e. The summed E-state index contributed by atoms with van der Waals surface area (Å²) >= 11 is 0. The molecule has 1 heteroatoms. The molecule has 0 nitrogen and oxygen atoms in total. The average Bonchev–Trinajstić information content (AvgIpc) is 2.45. The summed E-state index contributed by atoms with van der Waals surface area (Å²) in [4.78, 5) is 0. The molecule has 0 N–H and O–H groups in total. The zero-order chi connectivity index (χ0) is 11.9. The Morgan fingerprint density at radius 2 is 1.32 bits per heavy atom. The van der Waals surface area contributed by atoms with Gasteiger partial charge in [0.05, 0.1) is 0 Å². The van der Waals surface area contributed by atoms with Crippen molar-refractivity contribution in [3.63, 3.8) is 0 Å². The van der Waals surface area contributed by atoms with Gasteiger partial charge < -0.3 is 0 Å². The van der Waals surface area contributed by atoms with Gasteiger partial charge in [0, 0.05) is 0 Å². The molecule has 0 aromatic heterocycles. The second-order valence-corrected chi connectivity index (χ2v) is 4.62. The van der Waals surface area contributed by atoms with Crippen LogP contribution in [0.5, 0.6) is 0 Å². The van der Waals surface area contributed by atoms with Crippen LogP contribution >= 0.6 is 0 Å². The first kappa shape index (κ1) is 12.3. The van der Waals surface area contributed by atoms with E-state index in [1.165, 1.54) is 32.3 Å². The van der Waals surface area contributed by atoms with Gasteiger partial charge in [0.2, 0.25) is 0 Å². The SMILES string of the molecule is [Li+].[c-]1cc2cc3ccccc3cc2c2ccccc12. The van der Waals surface area contributed by atoms with Gasteiger partial charge in [-0.2, -0.15) is 0 Å². The molecule has 84 valence electrons. The smallest absolute Gasteiger partial charge is 0.143 e. The minimum Gasteiger partial charge on any atom is -0.143 e. The second kappa shape index (κ2) is 4.74. The van der Waals surface area contributed by atoms with E-state index in [0.29, 0.717) is 0 Å². The van der Waals surface area contributed by atoms with Crippen LogP contribution in [0.25, 0.3) is 32.3 Å². The third-order valence-electron chi connectivity index (χ3n) is 3.52. The van der Waals surface area contributed by atoms with E-state index < -0.39 is 0 Å². The number of rotatable bonds is 0. The molecule has 0 aliphatic heterocycles. The molecule has 0 heterocycles. The normalized spacial score (nSPS) is 10.7. The van der Waals surface area contributed by atoms with Crippen molar-refractivity contribution in [1.82, 2.24) is 0 Å². The predicted molar refractivity (Wildman–Crippen MR) is 77.8 cm³/mol. The fourth-order valence-corrected chi connectivity index (χ4v) is 2.61. The van der Waals surface area contributed by atoms with Crippen molar-refractivity contribution in [1.29, 1.82) is 0 Å². The maximum Gasteiger partial charge on any atom is 1.00 e. The number of hydrogen-bond donors (Lipinski definition) is 0. The van der Waals surface area contributed by atoms with Gasteiger partial charge in [-0.15, -0.1) is 35.0 Å². The maximum absolute atomic E-state index is 3.36. The van der Waals surface area contributed by atoms with Crippen LogP contribution in [0.1, 0.15) is 0 Å². The predicted octanol–water partition coefficient (Wildman–Crippen LogP) is 1.95. The van der Waals surface area contributed by atoms with E-state index in [1.807, 2.05) is 0 Å². The summed E-state index contributed by atoms with van der Waals surface area (Å²) in [5.41, 5.74) is 0. The Labute approximate surface area is 124 Å². The molecule has 0 spiro atoms. The first-order chi connectivity index (χ1) is 8.92. The fourth-order valence-electron chi connectivity index (χ4n) is 2.61. The minimum atomic E-state index is 0. The van der Waals surface area contributed by atoms with Crippen LogP contribution < -0.4 is 18.9 Å². The van der Waals surface area contributed by atoms with Gasteiger partial charge in [0.25, 0.3) is 0 Å². The van der Waals surface area contributed by atoms with E-state index in [0.717, 1.165) is 0 Å².